The molecule has 1 aliphatic heterocycles. The summed E-state index contributed by atoms with van der Waals surface area (Å²) in [5, 5.41) is 3.40. The molecule has 212 valence electrons. The van der Waals surface area contributed by atoms with E-state index >= 15 is 4.39 Å². The number of hydrogen-bond donors (Lipinski definition) is 1. The van der Waals surface area contributed by atoms with Crippen molar-refractivity contribution in [2.24, 2.45) is 0 Å². The largest absolute Gasteiger partial charge is 0.494 e. The molecular weight excluding hydrogens is 570 g/mol. The van der Waals surface area contributed by atoms with E-state index in [-0.39, 0.29) is 22.2 Å². The number of halogens is 3. The van der Waals surface area contributed by atoms with E-state index in [1.54, 1.807) is 54.2 Å². The van der Waals surface area contributed by atoms with E-state index in [0.717, 1.165) is 16.7 Å². The summed E-state index contributed by atoms with van der Waals surface area (Å²) in [4.78, 5) is 33.6. The number of rotatable bonds is 7. The molecule has 0 aliphatic carbocycles. The van der Waals surface area contributed by atoms with Crippen LogP contribution in [0.5, 0.6) is 11.6 Å². The molecule has 0 fully saturated rings. The van der Waals surface area contributed by atoms with Crippen LogP contribution in [0.2, 0.25) is 10.0 Å². The molecule has 11 heteroatoms. The van der Waals surface area contributed by atoms with Crippen molar-refractivity contribution in [3.63, 3.8) is 0 Å². The number of benzene rings is 2. The Balaban J connectivity index is 1.72. The molecule has 0 saturated heterocycles. The third kappa shape index (κ3) is 4.79. The van der Waals surface area contributed by atoms with Gasteiger partial charge in [-0.2, -0.15) is 0 Å². The molecule has 4 aromatic rings. The van der Waals surface area contributed by atoms with Crippen molar-refractivity contribution >= 4 is 46.4 Å². The second-order valence-corrected chi connectivity index (χ2v) is 10.9. The van der Waals surface area contributed by atoms with E-state index in [4.69, 9.17) is 32.7 Å². The van der Waals surface area contributed by atoms with Crippen LogP contribution in [0.1, 0.15) is 48.3 Å². The molecule has 0 radical (unpaired) electrons. The van der Waals surface area contributed by atoms with Gasteiger partial charge in [-0.3, -0.25) is 14.5 Å². The fraction of sp³-hybridized carbons (Fsp3) is 0.233. The zero-order valence-corrected chi connectivity index (χ0v) is 24.5. The minimum Gasteiger partial charge on any atom is -0.494 e. The van der Waals surface area contributed by atoms with Gasteiger partial charge >= 0.3 is 0 Å². The van der Waals surface area contributed by atoms with Crippen LogP contribution in [-0.4, -0.2) is 35.6 Å². The smallest absolute Gasteiger partial charge is 0.261 e. The number of hydrogen-bond acceptors (Lipinski definition) is 5. The fourth-order valence-electron chi connectivity index (χ4n) is 5.09. The molecule has 5 rings (SSSR count). The molecule has 0 saturated carbocycles. The summed E-state index contributed by atoms with van der Waals surface area (Å²) < 4.78 is 28.1. The van der Waals surface area contributed by atoms with Crippen molar-refractivity contribution in [1.82, 2.24) is 9.55 Å². The van der Waals surface area contributed by atoms with Crippen molar-refractivity contribution in [3.05, 3.63) is 93.6 Å². The Morgan fingerprint density at radius 1 is 1.07 bits per heavy atom. The first-order chi connectivity index (χ1) is 19.5. The van der Waals surface area contributed by atoms with Crippen LogP contribution in [-0.2, 0) is 10.3 Å². The predicted octanol–water partition coefficient (Wildman–Crippen LogP) is 6.97. The van der Waals surface area contributed by atoms with E-state index in [9.17, 15) is 9.59 Å². The van der Waals surface area contributed by atoms with Gasteiger partial charge in [0.05, 0.1) is 31.7 Å². The zero-order valence-electron chi connectivity index (χ0n) is 23.0. The van der Waals surface area contributed by atoms with Crippen molar-refractivity contribution < 1.29 is 23.5 Å². The maximum atomic E-state index is 15.5. The predicted molar refractivity (Wildman–Crippen MR) is 156 cm³/mol. The fourth-order valence-corrected chi connectivity index (χ4v) is 5.43. The van der Waals surface area contributed by atoms with Crippen molar-refractivity contribution in [2.45, 2.75) is 32.2 Å². The number of anilines is 2. The summed E-state index contributed by atoms with van der Waals surface area (Å²) in [6.45, 7) is 5.52. The highest BCUT2D eigenvalue weighted by Gasteiger charge is 2.51. The maximum Gasteiger partial charge on any atom is 0.261 e. The lowest BCUT2D eigenvalue weighted by atomic mass is 9.90. The van der Waals surface area contributed by atoms with Crippen molar-refractivity contribution in [3.8, 4) is 17.3 Å². The van der Waals surface area contributed by atoms with Gasteiger partial charge in [-0.15, -0.1) is 0 Å². The van der Waals surface area contributed by atoms with Crippen molar-refractivity contribution in [1.29, 1.82) is 0 Å². The Bertz CT molecular complexity index is 1690. The number of pyridine rings is 1. The number of fused-ring (bicyclic) bond motifs is 1. The zero-order chi connectivity index (χ0) is 29.6. The van der Waals surface area contributed by atoms with E-state index in [1.807, 2.05) is 13.8 Å². The third-order valence-electron chi connectivity index (χ3n) is 7.19. The molecular formula is C30H27Cl2FN4O4. The summed E-state index contributed by atoms with van der Waals surface area (Å²) in [6.07, 6.45) is 3.20. The molecule has 1 aliphatic rings. The second kappa shape index (κ2) is 10.7. The summed E-state index contributed by atoms with van der Waals surface area (Å²) in [6, 6.07) is 12.1. The Morgan fingerprint density at radius 2 is 1.78 bits per heavy atom. The van der Waals surface area contributed by atoms with Gasteiger partial charge in [0.2, 0.25) is 5.88 Å². The Labute approximate surface area is 246 Å². The van der Waals surface area contributed by atoms with Crippen LogP contribution in [0.3, 0.4) is 0 Å². The first kappa shape index (κ1) is 28.4. The second-order valence-electron chi connectivity index (χ2n) is 10.0. The van der Waals surface area contributed by atoms with Crippen molar-refractivity contribution in [2.75, 3.05) is 24.4 Å². The highest BCUT2D eigenvalue weighted by atomic mass is 35.5. The van der Waals surface area contributed by atoms with Gasteiger partial charge in [0.25, 0.3) is 11.8 Å². The first-order valence-corrected chi connectivity index (χ1v) is 13.5. The number of aromatic nitrogens is 2. The number of methoxy groups -OCH3 is 2. The minimum absolute atomic E-state index is 0.0343. The lowest BCUT2D eigenvalue weighted by Gasteiger charge is -2.37. The van der Waals surface area contributed by atoms with Gasteiger partial charge in [0.15, 0.2) is 5.54 Å². The molecule has 41 heavy (non-hydrogen) atoms. The molecule has 1 atom stereocenters. The summed E-state index contributed by atoms with van der Waals surface area (Å²) in [5.74, 6) is -1.06. The quantitative estimate of drug-likeness (QED) is 0.249. The molecule has 1 unspecified atom stereocenters. The van der Waals surface area contributed by atoms with Gasteiger partial charge in [0, 0.05) is 39.3 Å². The van der Waals surface area contributed by atoms with Gasteiger partial charge in [-0.25, -0.2) is 9.37 Å². The molecule has 2 aromatic carbocycles. The highest BCUT2D eigenvalue weighted by Crippen LogP contribution is 2.45. The molecule has 8 nitrogen and oxygen atoms in total. The van der Waals surface area contributed by atoms with Gasteiger partial charge < -0.3 is 19.4 Å². The van der Waals surface area contributed by atoms with Gasteiger partial charge in [0.1, 0.15) is 17.3 Å². The van der Waals surface area contributed by atoms with Gasteiger partial charge in [-0.05, 0) is 49.2 Å². The van der Waals surface area contributed by atoms with Crippen LogP contribution in [0.4, 0.5) is 15.8 Å². The average molecular weight is 597 g/mol. The standard InChI is InChI=1S/C30H27Cl2FN4O4/c1-16(2)23-10-17(15-36(23)25-14-34-27(41-5)13-26(25)40-4)28(38)37(24-12-19(32)7-9-21(24)33)30(3)20-8-6-18(31)11-22(20)35-29(30)39/h6-16H,1-5H3,(H,35,39). The Hall–Kier alpha value is -4.08. The summed E-state index contributed by atoms with van der Waals surface area (Å²) in [5.41, 5.74) is 0.651. The number of amides is 2. The Kier molecular flexibility index (Phi) is 7.44. The SMILES string of the molecule is COc1cc(OC)c(-n2cc(C(=O)N(c3cc(Cl)ccc3F)C3(C)C(=O)Nc4cc(Cl)ccc43)cc2C(C)C)cn1. The lowest BCUT2D eigenvalue weighted by molar-refractivity contribution is -0.120. The molecule has 0 bridgehead atoms. The molecule has 2 amide bonds. The number of nitrogens with zero attached hydrogens (tertiary/aromatic N) is 3. The van der Waals surface area contributed by atoms with Crippen LogP contribution >= 0.6 is 23.2 Å². The monoisotopic (exact) mass is 596 g/mol. The normalized spacial score (nSPS) is 16.0. The van der Waals surface area contributed by atoms with E-state index in [1.165, 1.54) is 26.4 Å². The van der Waals surface area contributed by atoms with E-state index < -0.39 is 23.2 Å². The van der Waals surface area contributed by atoms with Crippen LogP contribution in [0.15, 0.2) is 60.9 Å². The van der Waals surface area contributed by atoms with E-state index in [0.29, 0.717) is 33.6 Å². The first-order valence-electron chi connectivity index (χ1n) is 12.7. The van der Waals surface area contributed by atoms with Crippen LogP contribution in [0.25, 0.3) is 5.69 Å². The minimum atomic E-state index is -1.64. The van der Waals surface area contributed by atoms with E-state index in [2.05, 4.69) is 10.3 Å². The lowest BCUT2D eigenvalue weighted by Crippen LogP contribution is -2.52. The number of carbonyl (C=O) groups excluding carboxylic acids is 2. The number of carbonyl (C=O) groups is 2. The average Bonchev–Trinajstić information content (AvgIpc) is 3.49. The molecule has 3 heterocycles. The summed E-state index contributed by atoms with van der Waals surface area (Å²) >= 11 is 12.5. The van der Waals surface area contributed by atoms with Crippen LogP contribution < -0.4 is 19.7 Å². The molecule has 0 spiro atoms. The summed E-state index contributed by atoms with van der Waals surface area (Å²) in [7, 11) is 3.03. The highest BCUT2D eigenvalue weighted by molar-refractivity contribution is 6.31. The molecule has 1 N–H and O–H groups in total. The molecule has 2 aromatic heterocycles. The third-order valence-corrected chi connectivity index (χ3v) is 7.66. The van der Waals surface area contributed by atoms with Gasteiger partial charge in [-0.1, -0.05) is 43.1 Å². The Morgan fingerprint density at radius 3 is 2.46 bits per heavy atom. The topological polar surface area (TPSA) is 85.7 Å². The maximum absolute atomic E-state index is 15.5. The number of ether oxygens (including phenoxy) is 2. The number of nitrogens with one attached hydrogen (secondary N) is 1. The van der Waals surface area contributed by atoms with Crippen LogP contribution in [0, 0.1) is 5.82 Å².